The number of urea groups is 1. The Balaban J connectivity index is 1.39. The third-order valence-corrected chi connectivity index (χ3v) is 16.3. The number of likely N-dealkylation sites (tertiary alicyclic amines) is 1. The van der Waals surface area contributed by atoms with Crippen LogP contribution in [0.4, 0.5) is 4.79 Å². The van der Waals surface area contributed by atoms with Gasteiger partial charge in [-0.15, -0.1) is 0 Å². The van der Waals surface area contributed by atoms with Gasteiger partial charge in [0.2, 0.25) is 11.7 Å². The number of hydrogen-bond acceptors (Lipinski definition) is 7. The molecule has 4 amide bonds. The van der Waals surface area contributed by atoms with Crippen LogP contribution >= 0.6 is 0 Å². The number of ketones is 2. The number of sulfone groups is 1. The van der Waals surface area contributed by atoms with Crippen molar-refractivity contribution in [2.45, 2.75) is 180 Å². The topological polar surface area (TPSA) is 159 Å². The molecule has 1 heterocycles. The van der Waals surface area contributed by atoms with Gasteiger partial charge >= 0.3 is 6.03 Å². The molecule has 5 aliphatic rings. The summed E-state index contributed by atoms with van der Waals surface area (Å²) < 4.78 is 25.9. The van der Waals surface area contributed by atoms with E-state index in [9.17, 15) is 32.4 Å². The zero-order chi connectivity index (χ0) is 38.3. The average Bonchev–Trinajstić information content (AvgIpc) is 3.92. The van der Waals surface area contributed by atoms with Crippen molar-refractivity contribution in [1.82, 2.24) is 20.9 Å². The highest BCUT2D eigenvalue weighted by molar-refractivity contribution is 7.92. The number of Topliss-reactive ketones (excluding diaryl/α,β-unsaturated/α-hetero) is 2. The quantitative estimate of drug-likeness (QED) is 0.183. The van der Waals surface area contributed by atoms with E-state index < -0.39 is 61.3 Å². The molecule has 4 saturated carbocycles. The summed E-state index contributed by atoms with van der Waals surface area (Å²) in [4.78, 5) is 71.3. The fourth-order valence-electron chi connectivity index (χ4n) is 9.56. The van der Waals surface area contributed by atoms with Crippen molar-refractivity contribution < 1.29 is 32.4 Å². The van der Waals surface area contributed by atoms with Crippen LogP contribution in [0.1, 0.15) is 151 Å². The van der Waals surface area contributed by atoms with Crippen molar-refractivity contribution in [2.24, 2.45) is 28.6 Å². The molecule has 0 spiro atoms. The van der Waals surface area contributed by atoms with Crippen LogP contribution in [0.2, 0.25) is 0 Å². The molecule has 52 heavy (non-hydrogen) atoms. The Hall–Kier alpha value is -2.50. The normalized spacial score (nSPS) is 27.4. The predicted octanol–water partition coefficient (Wildman–Crippen LogP) is 5.64. The Bertz CT molecular complexity index is 1480. The number of fused-ring (bicyclic) bond motifs is 1. The molecule has 5 atom stereocenters. The van der Waals surface area contributed by atoms with E-state index in [0.29, 0.717) is 32.2 Å². The number of amides is 4. The second-order valence-corrected chi connectivity index (χ2v) is 21.7. The summed E-state index contributed by atoms with van der Waals surface area (Å²) in [6.45, 7) is 13.7. The maximum atomic E-state index is 14.9. The van der Waals surface area contributed by atoms with E-state index in [0.717, 1.165) is 70.6 Å². The summed E-state index contributed by atoms with van der Waals surface area (Å²) in [5.74, 6) is -2.49. The highest BCUT2D eigenvalue weighted by Gasteiger charge is 2.69. The molecule has 0 aromatic carbocycles. The SMILES string of the molecule is CCCC[C@H](CC(=O)[C@@H]1[C@@H]2[C@H](CN1C(=O)[C@@H](NC(=O)NC1(CS(=O)(=O)C(C)(C)C)CCCCC1)C1(C)CCCCC1)C2(C)C)C(=O)C(=O)NC1CC1. The Morgan fingerprint density at radius 3 is 2.04 bits per heavy atom. The molecule has 0 radical (unpaired) electrons. The van der Waals surface area contributed by atoms with Crippen molar-refractivity contribution in [3.05, 3.63) is 0 Å². The van der Waals surface area contributed by atoms with Crippen LogP contribution in [0.15, 0.2) is 0 Å². The van der Waals surface area contributed by atoms with Crippen LogP contribution in [0, 0.1) is 28.6 Å². The molecule has 11 nitrogen and oxygen atoms in total. The fraction of sp³-hybridized carbons (Fsp3) is 0.875. The fourth-order valence-corrected chi connectivity index (χ4v) is 11.1. The minimum atomic E-state index is -3.56. The maximum Gasteiger partial charge on any atom is 0.315 e. The first-order chi connectivity index (χ1) is 24.3. The maximum absolute atomic E-state index is 14.9. The molecule has 0 bridgehead atoms. The lowest BCUT2D eigenvalue weighted by Gasteiger charge is -2.44. The van der Waals surface area contributed by atoms with Crippen molar-refractivity contribution in [1.29, 1.82) is 0 Å². The zero-order valence-corrected chi connectivity index (χ0v) is 33.7. The summed E-state index contributed by atoms with van der Waals surface area (Å²) in [6, 6.07) is -2.16. The van der Waals surface area contributed by atoms with Gasteiger partial charge in [-0.05, 0) is 88.4 Å². The summed E-state index contributed by atoms with van der Waals surface area (Å²) in [7, 11) is -3.56. The number of nitrogens with zero attached hydrogens (tertiary/aromatic N) is 1. The Kier molecular flexibility index (Phi) is 12.0. The molecule has 0 aromatic rings. The molecule has 5 rings (SSSR count). The van der Waals surface area contributed by atoms with Crippen LogP contribution in [-0.4, -0.2) is 83.4 Å². The molecule has 0 unspecified atom stereocenters. The van der Waals surface area contributed by atoms with Gasteiger partial charge in [0.05, 0.1) is 22.1 Å². The molecule has 5 fully saturated rings. The van der Waals surface area contributed by atoms with E-state index in [-0.39, 0.29) is 47.2 Å². The molecule has 12 heteroatoms. The first kappa shape index (κ1) is 40.7. The van der Waals surface area contributed by atoms with E-state index in [1.165, 1.54) is 0 Å². The van der Waals surface area contributed by atoms with Gasteiger partial charge in [0.25, 0.3) is 5.91 Å². The number of rotatable bonds is 15. The Morgan fingerprint density at radius 2 is 1.48 bits per heavy atom. The van der Waals surface area contributed by atoms with E-state index in [4.69, 9.17) is 0 Å². The van der Waals surface area contributed by atoms with E-state index in [1.54, 1.807) is 25.7 Å². The van der Waals surface area contributed by atoms with Gasteiger partial charge in [-0.3, -0.25) is 19.2 Å². The highest BCUT2D eigenvalue weighted by atomic mass is 32.2. The summed E-state index contributed by atoms with van der Waals surface area (Å²) in [5.41, 5.74) is -1.64. The summed E-state index contributed by atoms with van der Waals surface area (Å²) in [6.07, 6.45) is 11.6. The molecule has 3 N–H and O–H groups in total. The van der Waals surface area contributed by atoms with Crippen LogP contribution in [0.5, 0.6) is 0 Å². The van der Waals surface area contributed by atoms with Crippen LogP contribution in [-0.2, 0) is 29.0 Å². The van der Waals surface area contributed by atoms with E-state index >= 15 is 0 Å². The van der Waals surface area contributed by atoms with Gasteiger partial charge < -0.3 is 20.9 Å². The lowest BCUT2D eigenvalue weighted by atomic mass is 9.70. The molecule has 0 aromatic heterocycles. The van der Waals surface area contributed by atoms with E-state index in [1.807, 2.05) is 13.8 Å². The number of carbonyl (C=O) groups is 5. The van der Waals surface area contributed by atoms with Crippen LogP contribution < -0.4 is 16.0 Å². The van der Waals surface area contributed by atoms with Crippen LogP contribution in [0.25, 0.3) is 0 Å². The van der Waals surface area contributed by atoms with Crippen molar-refractivity contribution in [3.8, 4) is 0 Å². The second-order valence-electron chi connectivity index (χ2n) is 19.0. The van der Waals surface area contributed by atoms with Crippen LogP contribution in [0.3, 0.4) is 0 Å². The predicted molar refractivity (Wildman–Crippen MR) is 201 cm³/mol. The monoisotopic (exact) mass is 746 g/mol. The van der Waals surface area contributed by atoms with Crippen molar-refractivity contribution >= 4 is 39.2 Å². The molecular formula is C40H66N4O7S. The molecule has 4 aliphatic carbocycles. The van der Waals surface area contributed by atoms with Crippen molar-refractivity contribution in [2.75, 3.05) is 12.3 Å². The average molecular weight is 747 g/mol. The van der Waals surface area contributed by atoms with Gasteiger partial charge in [-0.1, -0.05) is 79.1 Å². The van der Waals surface area contributed by atoms with Gasteiger partial charge in [-0.2, -0.15) is 0 Å². The number of carbonyl (C=O) groups excluding carboxylic acids is 5. The summed E-state index contributed by atoms with van der Waals surface area (Å²) in [5, 5.41) is 8.98. The first-order valence-corrected chi connectivity index (χ1v) is 21.9. The molecule has 1 aliphatic heterocycles. The number of piperidine rings is 1. The molecular weight excluding hydrogens is 681 g/mol. The Morgan fingerprint density at radius 1 is 0.885 bits per heavy atom. The van der Waals surface area contributed by atoms with Crippen molar-refractivity contribution in [3.63, 3.8) is 0 Å². The largest absolute Gasteiger partial charge is 0.347 e. The highest BCUT2D eigenvalue weighted by Crippen LogP contribution is 2.65. The third-order valence-electron chi connectivity index (χ3n) is 13.5. The standard InChI is InChI=1S/C40H66N4O7S/c1-8-9-16-26(32(46)34(47)41-27-17-18-27)23-29(45)31-30-28(38(30,5)6)24-44(31)35(48)33(39(7)19-12-10-13-20-39)42-36(49)43-40(21-14-11-15-22-40)25-52(50,51)37(2,3)4/h26-28,30-31,33H,8-25H2,1-7H3,(H,41,47)(H2,42,43,49)/t26-,28+,30+,31-,33-/m1/s1. The Labute approximate surface area is 312 Å². The lowest BCUT2D eigenvalue weighted by molar-refractivity contribution is -0.145. The smallest absolute Gasteiger partial charge is 0.315 e. The summed E-state index contributed by atoms with van der Waals surface area (Å²) >= 11 is 0. The molecule has 294 valence electrons. The second kappa shape index (κ2) is 15.3. The van der Waals surface area contributed by atoms with Gasteiger partial charge in [0, 0.05) is 24.9 Å². The molecule has 1 saturated heterocycles. The van der Waals surface area contributed by atoms with Gasteiger partial charge in [0.15, 0.2) is 15.6 Å². The van der Waals surface area contributed by atoms with E-state index in [2.05, 4.69) is 29.8 Å². The zero-order valence-electron chi connectivity index (χ0n) is 32.9. The minimum absolute atomic E-state index is 0.0358. The number of hydrogen-bond donors (Lipinski definition) is 3. The third kappa shape index (κ3) is 8.72. The number of nitrogens with one attached hydrogen (secondary N) is 3. The number of unbranched alkanes of at least 4 members (excludes halogenated alkanes) is 1. The van der Waals surface area contributed by atoms with Gasteiger partial charge in [-0.25, -0.2) is 13.2 Å². The minimum Gasteiger partial charge on any atom is -0.347 e. The first-order valence-electron chi connectivity index (χ1n) is 20.2. The van der Waals surface area contributed by atoms with Gasteiger partial charge in [0.1, 0.15) is 6.04 Å². The lowest BCUT2D eigenvalue weighted by Crippen LogP contribution is -2.64.